The minimum absolute atomic E-state index is 0.115. The standard InChI is InChI=1S/C19H23N3O2S2/c1-4-19(3)9-13-14(11-24-19)26-17-15(13)16(21-18(22-17)25-5-2)20-10-12-7-6-8-23-12/h6-8H,4-5,9-11H2,1-3H3,(H,20,21,22)/t19-/m0/s1. The molecular weight excluding hydrogens is 366 g/mol. The largest absolute Gasteiger partial charge is 0.467 e. The fourth-order valence-electron chi connectivity index (χ4n) is 3.19. The summed E-state index contributed by atoms with van der Waals surface area (Å²) < 4.78 is 11.6. The molecule has 0 amide bonds. The van der Waals surface area contributed by atoms with Gasteiger partial charge in [0.15, 0.2) is 5.16 Å². The maximum absolute atomic E-state index is 6.13. The topological polar surface area (TPSA) is 60.2 Å². The van der Waals surface area contributed by atoms with E-state index in [4.69, 9.17) is 19.1 Å². The second kappa shape index (κ2) is 7.21. The van der Waals surface area contributed by atoms with Crippen molar-refractivity contribution in [2.45, 2.75) is 57.5 Å². The van der Waals surface area contributed by atoms with Crippen molar-refractivity contribution in [2.24, 2.45) is 0 Å². The van der Waals surface area contributed by atoms with Gasteiger partial charge in [-0.15, -0.1) is 11.3 Å². The quantitative estimate of drug-likeness (QED) is 0.459. The number of thioether (sulfide) groups is 1. The zero-order valence-electron chi connectivity index (χ0n) is 15.3. The Hall–Kier alpha value is -1.57. The molecule has 1 aliphatic rings. The molecule has 5 nitrogen and oxygen atoms in total. The van der Waals surface area contributed by atoms with Gasteiger partial charge < -0.3 is 14.5 Å². The Morgan fingerprint density at radius 3 is 2.96 bits per heavy atom. The van der Waals surface area contributed by atoms with E-state index in [1.807, 2.05) is 12.1 Å². The lowest BCUT2D eigenvalue weighted by Gasteiger charge is -2.33. The van der Waals surface area contributed by atoms with Crippen LogP contribution in [0.5, 0.6) is 0 Å². The molecule has 26 heavy (non-hydrogen) atoms. The van der Waals surface area contributed by atoms with Crippen LogP contribution in [0.15, 0.2) is 28.0 Å². The van der Waals surface area contributed by atoms with Crippen LogP contribution < -0.4 is 5.32 Å². The van der Waals surface area contributed by atoms with Gasteiger partial charge in [-0.1, -0.05) is 25.6 Å². The summed E-state index contributed by atoms with van der Waals surface area (Å²) >= 11 is 3.40. The Balaban J connectivity index is 1.77. The van der Waals surface area contributed by atoms with Crippen molar-refractivity contribution in [2.75, 3.05) is 11.1 Å². The van der Waals surface area contributed by atoms with Gasteiger partial charge in [0.2, 0.25) is 0 Å². The van der Waals surface area contributed by atoms with Gasteiger partial charge in [-0.05, 0) is 36.8 Å². The number of rotatable bonds is 6. The molecule has 0 aromatic carbocycles. The van der Waals surface area contributed by atoms with Crippen LogP contribution in [0.1, 0.15) is 43.4 Å². The number of nitrogens with one attached hydrogen (secondary N) is 1. The Morgan fingerprint density at radius 1 is 1.35 bits per heavy atom. The molecule has 138 valence electrons. The molecule has 0 radical (unpaired) electrons. The second-order valence-electron chi connectivity index (χ2n) is 6.67. The van der Waals surface area contributed by atoms with Gasteiger partial charge in [0.25, 0.3) is 0 Å². The summed E-state index contributed by atoms with van der Waals surface area (Å²) in [5.74, 6) is 2.75. The van der Waals surface area contributed by atoms with Gasteiger partial charge in [0, 0.05) is 11.3 Å². The molecule has 3 aromatic heterocycles. The van der Waals surface area contributed by atoms with E-state index in [-0.39, 0.29) is 5.60 Å². The summed E-state index contributed by atoms with van der Waals surface area (Å²) in [6.07, 6.45) is 3.59. The molecule has 1 N–H and O–H groups in total. The molecular formula is C19H23N3O2S2. The molecule has 0 saturated heterocycles. The van der Waals surface area contributed by atoms with E-state index in [0.717, 1.165) is 45.5 Å². The molecule has 0 bridgehead atoms. The summed E-state index contributed by atoms with van der Waals surface area (Å²) in [5, 5.41) is 5.45. The number of anilines is 1. The van der Waals surface area contributed by atoms with Crippen molar-refractivity contribution in [3.63, 3.8) is 0 Å². The minimum Gasteiger partial charge on any atom is -0.467 e. The maximum Gasteiger partial charge on any atom is 0.190 e. The third-order valence-electron chi connectivity index (χ3n) is 4.85. The highest BCUT2D eigenvalue weighted by Crippen LogP contribution is 2.42. The van der Waals surface area contributed by atoms with Crippen LogP contribution in [-0.2, 0) is 24.3 Å². The van der Waals surface area contributed by atoms with Crippen LogP contribution in [0.2, 0.25) is 0 Å². The molecule has 3 aromatic rings. The summed E-state index contributed by atoms with van der Waals surface area (Å²) in [4.78, 5) is 11.9. The number of hydrogen-bond acceptors (Lipinski definition) is 7. The van der Waals surface area contributed by atoms with E-state index in [0.29, 0.717) is 13.2 Å². The molecule has 0 saturated carbocycles. The summed E-state index contributed by atoms with van der Waals surface area (Å²) in [7, 11) is 0. The van der Waals surface area contributed by atoms with Crippen molar-refractivity contribution in [3.8, 4) is 0 Å². The highest BCUT2D eigenvalue weighted by molar-refractivity contribution is 7.99. The van der Waals surface area contributed by atoms with Gasteiger partial charge in [-0.3, -0.25) is 0 Å². The Kier molecular flexibility index (Phi) is 4.94. The first-order valence-electron chi connectivity index (χ1n) is 8.97. The summed E-state index contributed by atoms with van der Waals surface area (Å²) in [6.45, 7) is 7.77. The molecule has 4 heterocycles. The van der Waals surface area contributed by atoms with Crippen LogP contribution in [-0.4, -0.2) is 21.3 Å². The molecule has 0 spiro atoms. The molecule has 0 fully saturated rings. The highest BCUT2D eigenvalue weighted by Gasteiger charge is 2.33. The van der Waals surface area contributed by atoms with Crippen molar-refractivity contribution < 1.29 is 9.15 Å². The number of fused-ring (bicyclic) bond motifs is 3. The average molecular weight is 390 g/mol. The first-order valence-corrected chi connectivity index (χ1v) is 10.8. The van der Waals surface area contributed by atoms with Crippen molar-refractivity contribution in [3.05, 3.63) is 34.6 Å². The first-order chi connectivity index (χ1) is 12.6. The molecule has 0 unspecified atom stereocenters. The fraction of sp³-hybridized carbons (Fsp3) is 0.474. The van der Waals surface area contributed by atoms with Gasteiger partial charge in [0.1, 0.15) is 16.4 Å². The average Bonchev–Trinajstić information content (AvgIpc) is 3.27. The number of furan rings is 1. The number of ether oxygens (including phenoxy) is 1. The van der Waals surface area contributed by atoms with Crippen molar-refractivity contribution >= 4 is 39.1 Å². The monoisotopic (exact) mass is 389 g/mol. The number of aromatic nitrogens is 2. The van der Waals surface area contributed by atoms with E-state index in [1.54, 1.807) is 29.4 Å². The number of thiophene rings is 1. The van der Waals surface area contributed by atoms with Gasteiger partial charge >= 0.3 is 0 Å². The zero-order chi connectivity index (χ0) is 18.1. The number of nitrogens with zero attached hydrogens (tertiary/aromatic N) is 2. The minimum atomic E-state index is -0.115. The smallest absolute Gasteiger partial charge is 0.190 e. The molecule has 1 atom stereocenters. The SMILES string of the molecule is CCSc1nc(NCc2ccco2)c2c3c(sc2n1)CO[C@@](C)(CC)C3. The zero-order valence-corrected chi connectivity index (χ0v) is 16.9. The predicted molar refractivity (Wildman–Crippen MR) is 107 cm³/mol. The van der Waals surface area contributed by atoms with E-state index in [9.17, 15) is 0 Å². The first kappa shape index (κ1) is 17.8. The van der Waals surface area contributed by atoms with E-state index in [1.165, 1.54) is 10.4 Å². The van der Waals surface area contributed by atoms with Gasteiger partial charge in [0.05, 0.1) is 30.4 Å². The van der Waals surface area contributed by atoms with Crippen molar-refractivity contribution in [1.82, 2.24) is 9.97 Å². The lowest BCUT2D eigenvalue weighted by Crippen LogP contribution is -2.33. The third-order valence-corrected chi connectivity index (χ3v) is 6.68. The van der Waals surface area contributed by atoms with E-state index >= 15 is 0 Å². The van der Waals surface area contributed by atoms with Crippen LogP contribution in [0.25, 0.3) is 10.2 Å². The lowest BCUT2D eigenvalue weighted by molar-refractivity contribution is -0.0542. The Bertz CT molecular complexity index is 907. The molecule has 4 rings (SSSR count). The van der Waals surface area contributed by atoms with Crippen molar-refractivity contribution in [1.29, 1.82) is 0 Å². The van der Waals surface area contributed by atoms with Crippen LogP contribution in [0.3, 0.4) is 0 Å². The molecule has 1 aliphatic heterocycles. The van der Waals surface area contributed by atoms with E-state index in [2.05, 4.69) is 26.1 Å². The van der Waals surface area contributed by atoms with Crippen LogP contribution in [0, 0.1) is 0 Å². The van der Waals surface area contributed by atoms with Crippen LogP contribution in [0.4, 0.5) is 5.82 Å². The van der Waals surface area contributed by atoms with Crippen LogP contribution >= 0.6 is 23.1 Å². The second-order valence-corrected chi connectivity index (χ2v) is 8.99. The maximum atomic E-state index is 6.13. The van der Waals surface area contributed by atoms with E-state index < -0.39 is 0 Å². The fourth-order valence-corrected chi connectivity index (χ4v) is 4.92. The Labute approximate surface area is 161 Å². The molecule has 7 heteroatoms. The summed E-state index contributed by atoms with van der Waals surface area (Å²) in [5.41, 5.74) is 1.23. The highest BCUT2D eigenvalue weighted by atomic mass is 32.2. The Morgan fingerprint density at radius 2 is 2.23 bits per heavy atom. The number of hydrogen-bond donors (Lipinski definition) is 1. The summed E-state index contributed by atoms with van der Waals surface area (Å²) in [6, 6.07) is 3.87. The lowest BCUT2D eigenvalue weighted by atomic mass is 9.90. The van der Waals surface area contributed by atoms with Gasteiger partial charge in [-0.25, -0.2) is 9.97 Å². The predicted octanol–water partition coefficient (Wildman–Crippen LogP) is 5.25. The normalized spacial score (nSPS) is 19.7. The van der Waals surface area contributed by atoms with Gasteiger partial charge in [-0.2, -0.15) is 0 Å². The molecule has 0 aliphatic carbocycles. The third kappa shape index (κ3) is 3.35.